The Morgan fingerprint density at radius 3 is 2.80 bits per heavy atom. The number of nitrogens with zero attached hydrogens (tertiary/aromatic N) is 3. The summed E-state index contributed by atoms with van der Waals surface area (Å²) in [7, 11) is 4.14. The lowest BCUT2D eigenvalue weighted by Gasteiger charge is -2.22. The van der Waals surface area contributed by atoms with Crippen molar-refractivity contribution >= 4 is 33.7 Å². The molecular formula is C14H25BrN4S. The second kappa shape index (κ2) is 8.62. The van der Waals surface area contributed by atoms with E-state index in [1.54, 1.807) is 0 Å². The van der Waals surface area contributed by atoms with Crippen molar-refractivity contribution in [2.45, 2.75) is 25.6 Å². The fraction of sp³-hybridized carbons (Fsp3) is 0.643. The molecule has 0 spiro atoms. The first-order valence-electron chi connectivity index (χ1n) is 6.80. The van der Waals surface area contributed by atoms with E-state index in [1.165, 1.54) is 5.69 Å². The number of rotatable bonds is 6. The normalized spacial score (nSPS) is 13.4. The van der Waals surface area contributed by atoms with Gasteiger partial charge in [-0.05, 0) is 35.2 Å². The molecule has 0 aliphatic rings. The maximum atomic E-state index is 4.71. The van der Waals surface area contributed by atoms with Gasteiger partial charge in [0.2, 0.25) is 0 Å². The van der Waals surface area contributed by atoms with Crippen LogP contribution < -0.4 is 5.32 Å². The van der Waals surface area contributed by atoms with E-state index >= 15 is 0 Å². The standard InChI is InChI=1S/C14H25BrN4S/c1-6-16-14(17-8-11(2)20-5)19(4)10-13-7-12(15)9-18(13)3/h7,9,11H,6,8,10H2,1-5H3,(H,16,17). The first-order valence-corrected chi connectivity index (χ1v) is 8.89. The van der Waals surface area contributed by atoms with Crippen molar-refractivity contribution < 1.29 is 0 Å². The molecule has 0 aliphatic carbocycles. The quantitative estimate of drug-likeness (QED) is 0.625. The van der Waals surface area contributed by atoms with Crippen LogP contribution in [-0.4, -0.2) is 47.1 Å². The number of aliphatic imine (C=N–C) groups is 1. The zero-order chi connectivity index (χ0) is 15.1. The summed E-state index contributed by atoms with van der Waals surface area (Å²) >= 11 is 5.35. The van der Waals surface area contributed by atoms with E-state index in [-0.39, 0.29) is 0 Å². The van der Waals surface area contributed by atoms with Gasteiger partial charge in [-0.3, -0.25) is 4.99 Å². The van der Waals surface area contributed by atoms with Crippen molar-refractivity contribution in [2.75, 3.05) is 26.4 Å². The third-order valence-corrected chi connectivity index (χ3v) is 4.46. The Balaban J connectivity index is 2.73. The smallest absolute Gasteiger partial charge is 0.194 e. The van der Waals surface area contributed by atoms with Crippen LogP contribution in [0, 0.1) is 0 Å². The van der Waals surface area contributed by atoms with E-state index in [0.717, 1.165) is 30.1 Å². The van der Waals surface area contributed by atoms with Crippen LogP contribution in [0.5, 0.6) is 0 Å². The molecule has 0 saturated carbocycles. The van der Waals surface area contributed by atoms with Crippen LogP contribution in [0.2, 0.25) is 0 Å². The summed E-state index contributed by atoms with van der Waals surface area (Å²) in [4.78, 5) is 6.87. The third-order valence-electron chi connectivity index (χ3n) is 3.07. The number of hydrogen-bond acceptors (Lipinski definition) is 2. The van der Waals surface area contributed by atoms with Crippen molar-refractivity contribution in [3.63, 3.8) is 0 Å². The molecule has 0 saturated heterocycles. The van der Waals surface area contributed by atoms with Crippen LogP contribution in [-0.2, 0) is 13.6 Å². The summed E-state index contributed by atoms with van der Waals surface area (Å²) in [6, 6.07) is 2.14. The zero-order valence-electron chi connectivity index (χ0n) is 13.0. The first-order chi connectivity index (χ1) is 9.47. The summed E-state index contributed by atoms with van der Waals surface area (Å²) in [6.45, 7) is 6.85. The fourth-order valence-electron chi connectivity index (χ4n) is 1.80. The summed E-state index contributed by atoms with van der Waals surface area (Å²) in [5.41, 5.74) is 1.25. The molecule has 1 N–H and O–H groups in total. The van der Waals surface area contributed by atoms with E-state index in [0.29, 0.717) is 5.25 Å². The summed E-state index contributed by atoms with van der Waals surface area (Å²) in [5.74, 6) is 0.964. The molecule has 1 aromatic heterocycles. The van der Waals surface area contributed by atoms with E-state index in [1.807, 2.05) is 11.8 Å². The number of guanidine groups is 1. The molecule has 1 heterocycles. The summed E-state index contributed by atoms with van der Waals surface area (Å²) in [5, 5.41) is 3.90. The Morgan fingerprint density at radius 1 is 1.60 bits per heavy atom. The average Bonchev–Trinajstić information content (AvgIpc) is 2.72. The molecule has 0 aliphatic heterocycles. The Bertz CT molecular complexity index is 444. The van der Waals surface area contributed by atoms with Gasteiger partial charge < -0.3 is 14.8 Å². The van der Waals surface area contributed by atoms with E-state index < -0.39 is 0 Å². The molecule has 0 amide bonds. The zero-order valence-corrected chi connectivity index (χ0v) is 15.4. The van der Waals surface area contributed by atoms with Gasteiger partial charge in [0.15, 0.2) is 5.96 Å². The van der Waals surface area contributed by atoms with E-state index in [4.69, 9.17) is 4.99 Å². The number of nitrogens with one attached hydrogen (secondary N) is 1. The lowest BCUT2D eigenvalue weighted by atomic mass is 10.4. The minimum atomic E-state index is 0.543. The highest BCUT2D eigenvalue weighted by Gasteiger charge is 2.10. The Labute approximate surface area is 135 Å². The van der Waals surface area contributed by atoms with Gasteiger partial charge in [0.25, 0.3) is 0 Å². The topological polar surface area (TPSA) is 32.6 Å². The van der Waals surface area contributed by atoms with Gasteiger partial charge in [0.1, 0.15) is 0 Å². The molecule has 0 fully saturated rings. The summed E-state index contributed by atoms with van der Waals surface area (Å²) in [6.07, 6.45) is 4.20. The molecule has 20 heavy (non-hydrogen) atoms. The summed E-state index contributed by atoms with van der Waals surface area (Å²) < 4.78 is 3.25. The maximum Gasteiger partial charge on any atom is 0.194 e. The molecule has 1 aromatic rings. The monoisotopic (exact) mass is 360 g/mol. The van der Waals surface area contributed by atoms with Gasteiger partial charge in [-0.2, -0.15) is 11.8 Å². The van der Waals surface area contributed by atoms with Gasteiger partial charge in [0, 0.05) is 42.3 Å². The predicted molar refractivity (Wildman–Crippen MR) is 93.5 cm³/mol. The molecule has 0 aromatic carbocycles. The Kier molecular flexibility index (Phi) is 7.51. The van der Waals surface area contributed by atoms with Crippen LogP contribution in [0.4, 0.5) is 0 Å². The average molecular weight is 361 g/mol. The van der Waals surface area contributed by atoms with E-state index in [9.17, 15) is 0 Å². The second-order valence-electron chi connectivity index (χ2n) is 4.86. The van der Waals surface area contributed by atoms with Crippen LogP contribution in [0.3, 0.4) is 0 Å². The molecule has 0 radical (unpaired) electrons. The van der Waals surface area contributed by atoms with Crippen molar-refractivity contribution in [1.29, 1.82) is 0 Å². The molecule has 114 valence electrons. The number of hydrogen-bond donors (Lipinski definition) is 1. The number of thioether (sulfide) groups is 1. The highest BCUT2D eigenvalue weighted by atomic mass is 79.9. The number of aryl methyl sites for hydroxylation is 1. The second-order valence-corrected chi connectivity index (χ2v) is 7.05. The van der Waals surface area contributed by atoms with Crippen molar-refractivity contribution in [1.82, 2.24) is 14.8 Å². The fourth-order valence-corrected chi connectivity index (χ4v) is 2.60. The molecule has 4 nitrogen and oxygen atoms in total. The van der Waals surface area contributed by atoms with Crippen LogP contribution in [0.1, 0.15) is 19.5 Å². The molecular weight excluding hydrogens is 336 g/mol. The molecule has 1 rings (SSSR count). The van der Waals surface area contributed by atoms with Gasteiger partial charge in [-0.25, -0.2) is 0 Å². The Hall–Kier alpha value is -0.620. The lowest BCUT2D eigenvalue weighted by Crippen LogP contribution is -2.39. The number of aromatic nitrogens is 1. The third kappa shape index (κ3) is 5.40. The first kappa shape index (κ1) is 17.4. The van der Waals surface area contributed by atoms with Gasteiger partial charge in [-0.15, -0.1) is 0 Å². The van der Waals surface area contributed by atoms with Crippen LogP contribution >= 0.6 is 27.7 Å². The minimum Gasteiger partial charge on any atom is -0.357 e. The highest BCUT2D eigenvalue weighted by molar-refractivity contribution is 9.10. The van der Waals surface area contributed by atoms with Gasteiger partial charge in [-0.1, -0.05) is 6.92 Å². The molecule has 6 heteroatoms. The van der Waals surface area contributed by atoms with Crippen LogP contribution in [0.25, 0.3) is 0 Å². The largest absolute Gasteiger partial charge is 0.357 e. The van der Waals surface area contributed by atoms with Gasteiger partial charge in [0.05, 0.1) is 13.1 Å². The predicted octanol–water partition coefficient (Wildman–Crippen LogP) is 2.94. The number of halogens is 1. The lowest BCUT2D eigenvalue weighted by molar-refractivity contribution is 0.462. The van der Waals surface area contributed by atoms with Crippen molar-refractivity contribution in [3.8, 4) is 0 Å². The Morgan fingerprint density at radius 2 is 2.30 bits per heavy atom. The van der Waals surface area contributed by atoms with Crippen molar-refractivity contribution in [3.05, 3.63) is 22.4 Å². The molecule has 0 bridgehead atoms. The molecule has 1 atom stereocenters. The SMILES string of the molecule is CCNC(=NCC(C)SC)N(C)Cc1cc(Br)cn1C. The van der Waals surface area contributed by atoms with E-state index in [2.05, 4.69) is 77.2 Å². The van der Waals surface area contributed by atoms with Crippen molar-refractivity contribution in [2.24, 2.45) is 12.0 Å². The minimum absolute atomic E-state index is 0.543. The van der Waals surface area contributed by atoms with Gasteiger partial charge >= 0.3 is 0 Å². The molecule has 1 unspecified atom stereocenters. The highest BCUT2D eigenvalue weighted by Crippen LogP contribution is 2.15. The van der Waals surface area contributed by atoms with Crippen LogP contribution in [0.15, 0.2) is 21.7 Å². The maximum absolute atomic E-state index is 4.71.